The average molecular weight is 405 g/mol. The van der Waals surface area contributed by atoms with E-state index in [0.29, 0.717) is 17.7 Å². The fourth-order valence-corrected chi connectivity index (χ4v) is 3.46. The predicted octanol–water partition coefficient (Wildman–Crippen LogP) is 5.19. The van der Waals surface area contributed by atoms with Gasteiger partial charge in [0.25, 0.3) is 11.6 Å². The smallest absolute Gasteiger partial charge is 0.273 e. The number of hydrogen-bond acceptors (Lipinski definition) is 3. The van der Waals surface area contributed by atoms with Crippen molar-refractivity contribution in [2.75, 3.05) is 0 Å². The first kappa shape index (κ1) is 21.3. The minimum Gasteiger partial charge on any atom is -0.345 e. The summed E-state index contributed by atoms with van der Waals surface area (Å²) in [6.45, 7) is 6.88. The van der Waals surface area contributed by atoms with Crippen LogP contribution in [0, 0.1) is 17.0 Å². The predicted molar refractivity (Wildman–Crippen MR) is 117 cm³/mol. The van der Waals surface area contributed by atoms with Crippen LogP contribution in [0.3, 0.4) is 0 Å². The molecule has 0 aliphatic carbocycles. The Morgan fingerprint density at radius 3 is 2.53 bits per heavy atom. The van der Waals surface area contributed by atoms with Crippen LogP contribution >= 0.6 is 0 Å². The molecule has 3 aromatic rings. The molecule has 1 amide bonds. The van der Waals surface area contributed by atoms with E-state index < -0.39 is 4.92 Å². The van der Waals surface area contributed by atoms with Gasteiger partial charge in [0.2, 0.25) is 0 Å². The molecule has 1 unspecified atom stereocenters. The SMILES string of the molecule is CCC(C)N(Cc1cccn1Cc1ccccc1)C(=O)c1ccc(C)c([N+](=O)[O-])c1. The first-order valence-electron chi connectivity index (χ1n) is 10.1. The maximum absolute atomic E-state index is 13.3. The van der Waals surface area contributed by atoms with Crippen LogP contribution in [0.1, 0.15) is 47.4 Å². The molecule has 1 atom stereocenters. The molecule has 30 heavy (non-hydrogen) atoms. The number of rotatable bonds is 8. The van der Waals surface area contributed by atoms with Gasteiger partial charge >= 0.3 is 0 Å². The van der Waals surface area contributed by atoms with Crippen molar-refractivity contribution >= 4 is 11.6 Å². The van der Waals surface area contributed by atoms with E-state index in [4.69, 9.17) is 0 Å². The number of aryl methyl sites for hydroxylation is 1. The van der Waals surface area contributed by atoms with Crippen molar-refractivity contribution in [3.8, 4) is 0 Å². The number of nitrogens with zero attached hydrogens (tertiary/aromatic N) is 3. The van der Waals surface area contributed by atoms with Crippen LogP contribution in [0.15, 0.2) is 66.9 Å². The van der Waals surface area contributed by atoms with Gasteiger partial charge in [-0.3, -0.25) is 14.9 Å². The molecule has 3 rings (SSSR count). The molecule has 0 bridgehead atoms. The molecular formula is C24H27N3O3. The summed E-state index contributed by atoms with van der Waals surface area (Å²) in [5, 5.41) is 11.3. The lowest BCUT2D eigenvalue weighted by Crippen LogP contribution is -2.38. The second-order valence-corrected chi connectivity index (χ2v) is 7.56. The Balaban J connectivity index is 1.88. The fraction of sp³-hybridized carbons (Fsp3) is 0.292. The van der Waals surface area contributed by atoms with E-state index in [1.54, 1.807) is 24.0 Å². The highest BCUT2D eigenvalue weighted by Crippen LogP contribution is 2.22. The maximum atomic E-state index is 13.3. The minimum absolute atomic E-state index is 0.00191. The lowest BCUT2D eigenvalue weighted by Gasteiger charge is -2.29. The number of aromatic nitrogens is 1. The lowest BCUT2D eigenvalue weighted by atomic mass is 10.1. The van der Waals surface area contributed by atoms with Crippen molar-refractivity contribution in [2.45, 2.75) is 46.3 Å². The van der Waals surface area contributed by atoms with Crippen LogP contribution in [-0.4, -0.2) is 26.3 Å². The van der Waals surface area contributed by atoms with E-state index >= 15 is 0 Å². The number of nitro benzene ring substituents is 1. The van der Waals surface area contributed by atoms with Crippen molar-refractivity contribution in [3.63, 3.8) is 0 Å². The van der Waals surface area contributed by atoms with E-state index in [-0.39, 0.29) is 17.6 Å². The highest BCUT2D eigenvalue weighted by molar-refractivity contribution is 5.95. The molecule has 156 valence electrons. The molecule has 0 saturated heterocycles. The molecule has 0 fully saturated rings. The third-order valence-electron chi connectivity index (χ3n) is 5.49. The molecule has 1 heterocycles. The summed E-state index contributed by atoms with van der Waals surface area (Å²) in [6, 6.07) is 18.9. The largest absolute Gasteiger partial charge is 0.345 e. The Morgan fingerprint density at radius 2 is 1.87 bits per heavy atom. The van der Waals surface area contributed by atoms with Gasteiger partial charge in [0, 0.05) is 41.7 Å². The quantitative estimate of drug-likeness (QED) is 0.382. The van der Waals surface area contributed by atoms with Gasteiger partial charge in [0.05, 0.1) is 11.5 Å². The van der Waals surface area contributed by atoms with Crippen molar-refractivity contribution in [3.05, 3.63) is 99.4 Å². The van der Waals surface area contributed by atoms with Crippen molar-refractivity contribution in [1.82, 2.24) is 9.47 Å². The number of hydrogen-bond donors (Lipinski definition) is 0. The molecular weight excluding hydrogens is 378 g/mol. The summed E-state index contributed by atoms with van der Waals surface area (Å²) in [7, 11) is 0. The van der Waals surface area contributed by atoms with Gasteiger partial charge in [-0.15, -0.1) is 0 Å². The normalized spacial score (nSPS) is 11.8. The van der Waals surface area contributed by atoms with E-state index in [0.717, 1.165) is 18.7 Å². The molecule has 1 aromatic heterocycles. The number of carbonyl (C=O) groups excluding carboxylic acids is 1. The molecule has 2 aromatic carbocycles. The number of benzene rings is 2. The molecule has 6 heteroatoms. The van der Waals surface area contributed by atoms with Crippen molar-refractivity contribution < 1.29 is 9.72 Å². The van der Waals surface area contributed by atoms with Crippen LogP contribution in [-0.2, 0) is 13.1 Å². The Morgan fingerprint density at radius 1 is 1.13 bits per heavy atom. The Hall–Kier alpha value is -3.41. The first-order valence-corrected chi connectivity index (χ1v) is 10.1. The van der Waals surface area contributed by atoms with E-state index in [1.807, 2.05) is 50.4 Å². The van der Waals surface area contributed by atoms with Crippen molar-refractivity contribution in [1.29, 1.82) is 0 Å². The van der Waals surface area contributed by atoms with Crippen LogP contribution in [0.4, 0.5) is 5.69 Å². The fourth-order valence-electron chi connectivity index (χ4n) is 3.46. The van der Waals surface area contributed by atoms with E-state index in [1.165, 1.54) is 11.6 Å². The van der Waals surface area contributed by atoms with Gasteiger partial charge in [-0.25, -0.2) is 0 Å². The highest BCUT2D eigenvalue weighted by atomic mass is 16.6. The summed E-state index contributed by atoms with van der Waals surface area (Å²) in [5.74, 6) is -0.195. The summed E-state index contributed by atoms with van der Waals surface area (Å²) < 4.78 is 2.13. The monoisotopic (exact) mass is 405 g/mol. The number of carbonyl (C=O) groups is 1. The molecule has 0 N–H and O–H groups in total. The molecule has 6 nitrogen and oxygen atoms in total. The molecule has 0 aliphatic rings. The first-order chi connectivity index (χ1) is 14.4. The van der Waals surface area contributed by atoms with Gasteiger partial charge in [-0.2, -0.15) is 0 Å². The Kier molecular flexibility index (Phi) is 6.67. The summed E-state index contributed by atoms with van der Waals surface area (Å²) in [6.07, 6.45) is 2.80. The Bertz CT molecular complexity index is 1030. The van der Waals surface area contributed by atoms with Gasteiger partial charge in [0.1, 0.15) is 0 Å². The standard InChI is InChI=1S/C24H27N3O3/c1-4-19(3)26(24(28)21-13-12-18(2)23(15-21)27(29)30)17-22-11-8-14-25(22)16-20-9-6-5-7-10-20/h5-15,19H,4,16-17H2,1-3H3. The van der Waals surface area contributed by atoms with Crippen LogP contribution < -0.4 is 0 Å². The number of amides is 1. The van der Waals surface area contributed by atoms with Gasteiger partial charge < -0.3 is 9.47 Å². The zero-order chi connectivity index (χ0) is 21.7. The molecule has 0 saturated carbocycles. The molecule has 0 radical (unpaired) electrons. The van der Waals surface area contributed by atoms with Crippen LogP contribution in [0.5, 0.6) is 0 Å². The summed E-state index contributed by atoms with van der Waals surface area (Å²) >= 11 is 0. The lowest BCUT2D eigenvalue weighted by molar-refractivity contribution is -0.385. The van der Waals surface area contributed by atoms with Crippen LogP contribution in [0.25, 0.3) is 0 Å². The average Bonchev–Trinajstić information content (AvgIpc) is 3.18. The van der Waals surface area contributed by atoms with Gasteiger partial charge in [-0.1, -0.05) is 43.3 Å². The third kappa shape index (κ3) is 4.76. The van der Waals surface area contributed by atoms with Crippen LogP contribution in [0.2, 0.25) is 0 Å². The van der Waals surface area contributed by atoms with E-state index in [2.05, 4.69) is 16.7 Å². The van der Waals surface area contributed by atoms with E-state index in [9.17, 15) is 14.9 Å². The third-order valence-corrected chi connectivity index (χ3v) is 5.49. The number of nitro groups is 1. The molecule has 0 spiro atoms. The zero-order valence-electron chi connectivity index (χ0n) is 17.6. The van der Waals surface area contributed by atoms with Crippen molar-refractivity contribution in [2.24, 2.45) is 0 Å². The minimum atomic E-state index is -0.440. The van der Waals surface area contributed by atoms with Gasteiger partial charge in [-0.05, 0) is 44.0 Å². The second-order valence-electron chi connectivity index (χ2n) is 7.56. The van der Waals surface area contributed by atoms with Gasteiger partial charge in [0.15, 0.2) is 0 Å². The Labute approximate surface area is 176 Å². The highest BCUT2D eigenvalue weighted by Gasteiger charge is 2.24. The summed E-state index contributed by atoms with van der Waals surface area (Å²) in [5.41, 5.74) is 3.06. The molecule has 0 aliphatic heterocycles. The topological polar surface area (TPSA) is 68.4 Å². The maximum Gasteiger partial charge on any atom is 0.273 e. The zero-order valence-corrected chi connectivity index (χ0v) is 17.6. The summed E-state index contributed by atoms with van der Waals surface area (Å²) in [4.78, 5) is 26.0. The second kappa shape index (κ2) is 9.39.